The molecule has 0 fully saturated rings. The van der Waals surface area contributed by atoms with Crippen LogP contribution in [0.15, 0.2) is 109 Å². The van der Waals surface area contributed by atoms with Crippen molar-refractivity contribution < 1.29 is 23.8 Å². The van der Waals surface area contributed by atoms with Crippen molar-refractivity contribution in [2.75, 3.05) is 19.8 Å². The van der Waals surface area contributed by atoms with Gasteiger partial charge in [0, 0.05) is 19.4 Å². The second-order valence-electron chi connectivity index (χ2n) is 19.1. The number of unbranched alkanes of at least 4 members (excludes halogenated alkanes) is 24. The Morgan fingerprint density at radius 2 is 0.671 bits per heavy atom. The first-order valence-corrected chi connectivity index (χ1v) is 29.4. The summed E-state index contributed by atoms with van der Waals surface area (Å²) in [4.78, 5) is 25.5. The molecule has 5 heteroatoms. The molecule has 0 amide bonds. The van der Waals surface area contributed by atoms with Crippen molar-refractivity contribution in [3.63, 3.8) is 0 Å². The third-order valence-corrected chi connectivity index (χ3v) is 12.3. The van der Waals surface area contributed by atoms with Gasteiger partial charge in [-0.05, 0) is 89.9 Å². The van der Waals surface area contributed by atoms with Gasteiger partial charge in [0.05, 0.1) is 6.61 Å². The van der Waals surface area contributed by atoms with Gasteiger partial charge in [-0.2, -0.15) is 0 Å². The van der Waals surface area contributed by atoms with Gasteiger partial charge >= 0.3 is 11.9 Å². The fraction of sp³-hybridized carbons (Fsp3) is 0.692. The van der Waals surface area contributed by atoms with Gasteiger partial charge in [0.2, 0.25) is 0 Å². The summed E-state index contributed by atoms with van der Waals surface area (Å²) in [5.41, 5.74) is 0. The van der Waals surface area contributed by atoms with E-state index in [0.29, 0.717) is 25.9 Å². The highest BCUT2D eigenvalue weighted by Crippen LogP contribution is 2.16. The fourth-order valence-electron chi connectivity index (χ4n) is 8.02. The van der Waals surface area contributed by atoms with Crippen LogP contribution in [0.2, 0.25) is 0 Å². The summed E-state index contributed by atoms with van der Waals surface area (Å²) in [7, 11) is 0. The van der Waals surface area contributed by atoms with Crippen LogP contribution in [0.3, 0.4) is 0 Å². The van der Waals surface area contributed by atoms with Crippen molar-refractivity contribution >= 4 is 11.9 Å². The number of allylic oxidation sites excluding steroid dienone is 18. The average Bonchev–Trinajstić information content (AvgIpc) is 3.36. The Labute approximate surface area is 434 Å². The van der Waals surface area contributed by atoms with Gasteiger partial charge in [0.1, 0.15) is 6.61 Å². The molecule has 0 saturated carbocycles. The molecule has 0 aliphatic heterocycles. The molecule has 0 rings (SSSR count). The average molecular weight is 972 g/mol. The minimum Gasteiger partial charge on any atom is -0.462 e. The van der Waals surface area contributed by atoms with Crippen LogP contribution in [0.5, 0.6) is 0 Å². The van der Waals surface area contributed by atoms with Crippen LogP contribution in [-0.4, -0.2) is 37.9 Å². The molecule has 0 bridgehead atoms. The van der Waals surface area contributed by atoms with E-state index in [1.807, 2.05) is 6.08 Å². The van der Waals surface area contributed by atoms with E-state index in [0.717, 1.165) is 83.5 Å². The number of ether oxygens (including phenoxy) is 3. The highest BCUT2D eigenvalue weighted by atomic mass is 16.6. The molecule has 5 nitrogen and oxygen atoms in total. The zero-order chi connectivity index (χ0) is 50.6. The van der Waals surface area contributed by atoms with E-state index >= 15 is 0 Å². The van der Waals surface area contributed by atoms with Gasteiger partial charge in [0.15, 0.2) is 6.10 Å². The predicted octanol–water partition coefficient (Wildman–Crippen LogP) is 20.3. The van der Waals surface area contributed by atoms with E-state index in [1.54, 1.807) is 0 Å². The lowest BCUT2D eigenvalue weighted by Crippen LogP contribution is -2.30. The molecule has 0 spiro atoms. The van der Waals surface area contributed by atoms with E-state index in [1.165, 1.54) is 141 Å². The van der Waals surface area contributed by atoms with Crippen LogP contribution in [-0.2, 0) is 23.8 Å². The molecular formula is C65H110O5. The minimum absolute atomic E-state index is 0.0388. The molecule has 0 aliphatic carbocycles. The summed E-state index contributed by atoms with van der Waals surface area (Å²) in [6, 6.07) is 0. The standard InChI is InChI=1S/C65H110O5/c1-4-7-10-13-16-19-22-25-28-31-33-35-37-40-43-46-49-52-55-58-64(66)69-62-63(61-68-60-57-54-51-48-45-42-39-36-32-29-26-23-20-17-14-11-8-5-2)70-65(67)59-56-53-50-47-44-41-38-34-30-27-24-21-18-15-12-9-6-3/h7-8,10-11,16-17,19-20,25-26,28-29,33,35,40,43,49,52,63H,4-6,9,12-15,18,21-24,27,30-32,34,36-39,41-42,44-48,50-51,53-62H2,1-3H3/b10-7-,11-8-,19-16-,20-17-,28-25-,29-26-,35-33-,43-40-,52-49-. The van der Waals surface area contributed by atoms with E-state index in [-0.39, 0.29) is 25.2 Å². The molecule has 1 unspecified atom stereocenters. The highest BCUT2D eigenvalue weighted by Gasteiger charge is 2.17. The van der Waals surface area contributed by atoms with E-state index < -0.39 is 6.10 Å². The normalized spacial score (nSPS) is 13.0. The lowest BCUT2D eigenvalue weighted by molar-refractivity contribution is -0.162. The van der Waals surface area contributed by atoms with Crippen molar-refractivity contribution in [2.24, 2.45) is 0 Å². The van der Waals surface area contributed by atoms with Crippen LogP contribution in [0.1, 0.15) is 265 Å². The maximum absolute atomic E-state index is 12.9. The summed E-state index contributed by atoms with van der Waals surface area (Å²) >= 11 is 0. The summed E-state index contributed by atoms with van der Waals surface area (Å²) in [6.07, 6.45) is 82.7. The Hall–Kier alpha value is -3.44. The van der Waals surface area contributed by atoms with E-state index in [2.05, 4.69) is 124 Å². The molecule has 0 N–H and O–H groups in total. The second kappa shape index (κ2) is 59.9. The Balaban J connectivity index is 4.40. The molecular weight excluding hydrogens is 861 g/mol. The van der Waals surface area contributed by atoms with Gasteiger partial charge in [-0.3, -0.25) is 9.59 Å². The van der Waals surface area contributed by atoms with Gasteiger partial charge in [-0.1, -0.05) is 271 Å². The molecule has 0 aromatic rings. The molecule has 0 aromatic carbocycles. The van der Waals surface area contributed by atoms with Gasteiger partial charge in [-0.15, -0.1) is 0 Å². The number of rotatable bonds is 53. The fourth-order valence-corrected chi connectivity index (χ4v) is 8.02. The number of hydrogen-bond acceptors (Lipinski definition) is 5. The van der Waals surface area contributed by atoms with Gasteiger partial charge < -0.3 is 14.2 Å². The number of esters is 2. The van der Waals surface area contributed by atoms with Crippen LogP contribution in [0.25, 0.3) is 0 Å². The molecule has 70 heavy (non-hydrogen) atoms. The smallest absolute Gasteiger partial charge is 0.306 e. The number of carbonyl (C=O) groups is 2. The topological polar surface area (TPSA) is 61.8 Å². The Bertz CT molecular complexity index is 1380. The SMILES string of the molecule is CC/C=C\C/C=C\C/C=C\C/C=C\C/C=C\C/C=C\CCC(=O)OCC(COCCCCCCCCCC/C=C\C/C=C\C/C=C\CC)OC(=O)CCCCCCCCCCCCCCCCCCC. The molecule has 0 saturated heterocycles. The summed E-state index contributed by atoms with van der Waals surface area (Å²) in [5, 5.41) is 0. The summed E-state index contributed by atoms with van der Waals surface area (Å²) in [5.74, 6) is -0.494. The van der Waals surface area contributed by atoms with Gasteiger partial charge in [-0.25, -0.2) is 0 Å². The van der Waals surface area contributed by atoms with E-state index in [9.17, 15) is 9.59 Å². The van der Waals surface area contributed by atoms with Crippen LogP contribution in [0, 0.1) is 0 Å². The predicted molar refractivity (Wildman–Crippen MR) is 306 cm³/mol. The molecule has 0 heterocycles. The van der Waals surface area contributed by atoms with Crippen molar-refractivity contribution in [3.05, 3.63) is 109 Å². The van der Waals surface area contributed by atoms with Crippen LogP contribution >= 0.6 is 0 Å². The second-order valence-corrected chi connectivity index (χ2v) is 19.1. The van der Waals surface area contributed by atoms with E-state index in [4.69, 9.17) is 14.2 Å². The molecule has 400 valence electrons. The van der Waals surface area contributed by atoms with Gasteiger partial charge in [0.25, 0.3) is 0 Å². The largest absolute Gasteiger partial charge is 0.462 e. The van der Waals surface area contributed by atoms with Crippen LogP contribution in [0.4, 0.5) is 0 Å². The van der Waals surface area contributed by atoms with Crippen molar-refractivity contribution in [1.82, 2.24) is 0 Å². The molecule has 0 aromatic heterocycles. The zero-order valence-electron chi connectivity index (χ0n) is 46.0. The quantitative estimate of drug-likeness (QED) is 0.0345. The zero-order valence-corrected chi connectivity index (χ0v) is 46.0. The maximum atomic E-state index is 12.9. The first kappa shape index (κ1) is 66.6. The molecule has 1 atom stereocenters. The Morgan fingerprint density at radius 3 is 1.09 bits per heavy atom. The third-order valence-electron chi connectivity index (χ3n) is 12.3. The summed E-state index contributed by atoms with van der Waals surface area (Å²) in [6.45, 7) is 7.53. The number of hydrogen-bond donors (Lipinski definition) is 0. The van der Waals surface area contributed by atoms with Crippen molar-refractivity contribution in [3.8, 4) is 0 Å². The lowest BCUT2D eigenvalue weighted by Gasteiger charge is -2.18. The third kappa shape index (κ3) is 57.1. The Kier molecular flexibility index (Phi) is 56.9. The highest BCUT2D eigenvalue weighted by molar-refractivity contribution is 5.70. The molecule has 0 radical (unpaired) electrons. The Morgan fingerprint density at radius 1 is 0.329 bits per heavy atom. The lowest BCUT2D eigenvalue weighted by atomic mass is 10.0. The van der Waals surface area contributed by atoms with Crippen LogP contribution < -0.4 is 0 Å². The maximum Gasteiger partial charge on any atom is 0.306 e. The summed E-state index contributed by atoms with van der Waals surface area (Å²) < 4.78 is 17.4. The van der Waals surface area contributed by atoms with Crippen molar-refractivity contribution in [2.45, 2.75) is 271 Å². The monoisotopic (exact) mass is 971 g/mol. The molecule has 0 aliphatic rings. The number of carbonyl (C=O) groups excluding carboxylic acids is 2. The first-order valence-electron chi connectivity index (χ1n) is 29.4. The first-order chi connectivity index (χ1) is 34.6. The van der Waals surface area contributed by atoms with Crippen molar-refractivity contribution in [1.29, 1.82) is 0 Å². The minimum atomic E-state index is -0.576.